The predicted molar refractivity (Wildman–Crippen MR) is 140 cm³/mol. The van der Waals surface area contributed by atoms with Crippen molar-refractivity contribution in [3.63, 3.8) is 0 Å². The Morgan fingerprint density at radius 3 is 2.35 bits per heavy atom. The van der Waals surface area contributed by atoms with Crippen LogP contribution in [0.2, 0.25) is 0 Å². The molecule has 1 saturated heterocycles. The Morgan fingerprint density at radius 1 is 1.00 bits per heavy atom. The van der Waals surface area contributed by atoms with Gasteiger partial charge >= 0.3 is 6.15 Å². The molecule has 9 heteroatoms. The second kappa shape index (κ2) is 10.4. The van der Waals surface area contributed by atoms with Gasteiger partial charge in [0.15, 0.2) is 0 Å². The number of aromatic amines is 1. The van der Waals surface area contributed by atoms with Gasteiger partial charge in [-0.3, -0.25) is 14.3 Å². The molecular formula is C28H29N5O4. The molecule has 1 aliphatic carbocycles. The van der Waals surface area contributed by atoms with Crippen molar-refractivity contribution in [2.45, 2.75) is 38.6 Å². The van der Waals surface area contributed by atoms with Gasteiger partial charge < -0.3 is 14.8 Å². The fraction of sp³-hybridized carbons (Fsp3) is 0.357. The quantitative estimate of drug-likeness (QED) is 0.461. The fourth-order valence-corrected chi connectivity index (χ4v) is 5.63. The van der Waals surface area contributed by atoms with Crippen molar-refractivity contribution >= 4 is 39.6 Å². The van der Waals surface area contributed by atoms with Gasteiger partial charge in [0.25, 0.3) is 11.5 Å². The zero-order valence-corrected chi connectivity index (χ0v) is 20.8. The summed E-state index contributed by atoms with van der Waals surface area (Å²) >= 11 is 0. The molecule has 9 nitrogen and oxygen atoms in total. The third-order valence-electron chi connectivity index (χ3n) is 7.50. The van der Waals surface area contributed by atoms with Crippen LogP contribution in [-0.4, -0.2) is 57.9 Å². The van der Waals surface area contributed by atoms with E-state index in [0.29, 0.717) is 30.1 Å². The number of carbonyl (C=O) groups is 1. The monoisotopic (exact) mass is 499 g/mol. The van der Waals surface area contributed by atoms with E-state index in [4.69, 9.17) is 9.59 Å². The average Bonchev–Trinajstić information content (AvgIpc) is 3.60. The number of nitrogens with zero attached hydrogens (tertiary/aromatic N) is 4. The van der Waals surface area contributed by atoms with Gasteiger partial charge in [-0.2, -0.15) is 14.7 Å². The number of H-pyrrole nitrogens is 1. The van der Waals surface area contributed by atoms with Crippen LogP contribution < -0.4 is 10.5 Å². The van der Waals surface area contributed by atoms with Crippen molar-refractivity contribution in [3.8, 4) is 0 Å². The molecule has 0 unspecified atom stereocenters. The Morgan fingerprint density at radius 2 is 1.68 bits per heavy atom. The van der Waals surface area contributed by atoms with Gasteiger partial charge in [-0.25, -0.2) is 0 Å². The van der Waals surface area contributed by atoms with Crippen molar-refractivity contribution in [2.75, 3.05) is 31.1 Å². The number of carbonyl (C=O) groups excluding carboxylic acids is 3. The number of nitrogens with one attached hydrogen (secondary N) is 1. The SMILES string of the molecule is Cc1cc2[nH]c(=O)c3cnn(C4CCCC4)c3c2cc1C(=O)N1CCN(c2ccccc2)CC1.O=C=O. The van der Waals surface area contributed by atoms with E-state index in [9.17, 15) is 9.59 Å². The first-order valence-electron chi connectivity index (χ1n) is 12.6. The molecule has 190 valence electrons. The number of aromatic nitrogens is 3. The zero-order chi connectivity index (χ0) is 25.9. The van der Waals surface area contributed by atoms with E-state index in [2.05, 4.69) is 27.1 Å². The number of hydrogen-bond donors (Lipinski definition) is 1. The molecule has 4 aromatic rings. The molecule has 1 N–H and O–H groups in total. The summed E-state index contributed by atoms with van der Waals surface area (Å²) in [6.07, 6.45) is 6.45. The summed E-state index contributed by atoms with van der Waals surface area (Å²) in [5, 5.41) is 6.10. The van der Waals surface area contributed by atoms with Crippen LogP contribution in [0.4, 0.5) is 5.69 Å². The third-order valence-corrected chi connectivity index (χ3v) is 7.50. The predicted octanol–water partition coefficient (Wildman–Crippen LogP) is 3.68. The molecule has 1 amide bonds. The summed E-state index contributed by atoms with van der Waals surface area (Å²) in [4.78, 5) is 49.9. The van der Waals surface area contributed by atoms with Gasteiger partial charge in [-0.1, -0.05) is 31.0 Å². The van der Waals surface area contributed by atoms with Crippen molar-refractivity contribution in [2.24, 2.45) is 0 Å². The Balaban J connectivity index is 0.000000892. The van der Waals surface area contributed by atoms with Gasteiger partial charge in [0.1, 0.15) is 0 Å². The van der Waals surface area contributed by atoms with Gasteiger partial charge in [-0.05, 0) is 49.6 Å². The van der Waals surface area contributed by atoms with Crippen LogP contribution in [0, 0.1) is 6.92 Å². The van der Waals surface area contributed by atoms with Crippen molar-refractivity contribution < 1.29 is 14.4 Å². The summed E-state index contributed by atoms with van der Waals surface area (Å²) in [5.41, 5.74) is 4.28. The van der Waals surface area contributed by atoms with E-state index in [1.807, 2.05) is 46.8 Å². The molecule has 1 aliphatic heterocycles. The zero-order valence-electron chi connectivity index (χ0n) is 20.8. The largest absolute Gasteiger partial charge is 0.373 e. The van der Waals surface area contributed by atoms with Crippen LogP contribution in [0.15, 0.2) is 53.5 Å². The first kappa shape index (κ1) is 24.5. The molecule has 2 aromatic carbocycles. The minimum absolute atomic E-state index is 0.0541. The highest BCUT2D eigenvalue weighted by atomic mass is 16.2. The van der Waals surface area contributed by atoms with E-state index < -0.39 is 0 Å². The van der Waals surface area contributed by atoms with Crippen LogP contribution in [0.3, 0.4) is 0 Å². The second-order valence-electron chi connectivity index (χ2n) is 9.65. The third kappa shape index (κ3) is 4.66. The molecule has 2 aromatic heterocycles. The number of hydrogen-bond acceptors (Lipinski definition) is 6. The lowest BCUT2D eigenvalue weighted by Gasteiger charge is -2.36. The molecule has 1 saturated carbocycles. The molecule has 0 bridgehead atoms. The van der Waals surface area contributed by atoms with Crippen molar-refractivity contribution in [1.82, 2.24) is 19.7 Å². The number of benzene rings is 2. The van der Waals surface area contributed by atoms with Crippen LogP contribution >= 0.6 is 0 Å². The normalized spacial score (nSPS) is 16.0. The maximum Gasteiger partial charge on any atom is 0.373 e. The smallest absolute Gasteiger partial charge is 0.368 e. The Hall–Kier alpha value is -4.23. The number of piperazine rings is 1. The first-order chi connectivity index (χ1) is 18.0. The lowest BCUT2D eigenvalue weighted by molar-refractivity contribution is -0.191. The fourth-order valence-electron chi connectivity index (χ4n) is 5.63. The summed E-state index contributed by atoms with van der Waals surface area (Å²) in [7, 11) is 0. The van der Waals surface area contributed by atoms with E-state index in [-0.39, 0.29) is 17.6 Å². The van der Waals surface area contributed by atoms with E-state index in [1.54, 1.807) is 6.20 Å². The number of aryl methyl sites for hydroxylation is 1. The van der Waals surface area contributed by atoms with Crippen LogP contribution in [-0.2, 0) is 9.59 Å². The van der Waals surface area contributed by atoms with Gasteiger partial charge in [-0.15, -0.1) is 0 Å². The number of rotatable bonds is 3. The second-order valence-corrected chi connectivity index (χ2v) is 9.65. The minimum Gasteiger partial charge on any atom is -0.368 e. The van der Waals surface area contributed by atoms with Gasteiger partial charge in [0, 0.05) is 42.8 Å². The van der Waals surface area contributed by atoms with E-state index >= 15 is 0 Å². The molecule has 3 heterocycles. The summed E-state index contributed by atoms with van der Waals surface area (Å²) in [6, 6.07) is 14.6. The Kier molecular flexibility index (Phi) is 6.88. The lowest BCUT2D eigenvalue weighted by Crippen LogP contribution is -2.48. The summed E-state index contributed by atoms with van der Waals surface area (Å²) in [5.74, 6) is 0.0541. The van der Waals surface area contributed by atoms with Crippen molar-refractivity contribution in [1.29, 1.82) is 0 Å². The summed E-state index contributed by atoms with van der Waals surface area (Å²) < 4.78 is 2.03. The Bertz CT molecular complexity index is 1520. The molecule has 37 heavy (non-hydrogen) atoms. The molecule has 0 spiro atoms. The molecule has 0 radical (unpaired) electrons. The molecular weight excluding hydrogens is 470 g/mol. The number of fused-ring (bicyclic) bond motifs is 3. The number of pyridine rings is 1. The molecule has 2 aliphatic rings. The number of anilines is 1. The highest BCUT2D eigenvalue weighted by Gasteiger charge is 2.26. The topological polar surface area (TPSA) is 108 Å². The standard InChI is InChI=1S/C27H29N5O2.CO2/c1-18-15-24-22(25-23(26(33)29-24)17-28-32(25)20-9-5-6-10-20)16-21(18)27(34)31-13-11-30(12-14-31)19-7-3-2-4-8-19;2-1-3/h2-4,7-8,15-17,20H,5-6,9-14H2,1H3,(H,29,33);. The van der Waals surface area contributed by atoms with E-state index in [0.717, 1.165) is 47.9 Å². The molecule has 2 fully saturated rings. The number of para-hydroxylation sites is 1. The first-order valence-corrected chi connectivity index (χ1v) is 12.6. The van der Waals surface area contributed by atoms with Crippen LogP contribution in [0.25, 0.3) is 21.8 Å². The average molecular weight is 500 g/mol. The highest BCUT2D eigenvalue weighted by Crippen LogP contribution is 2.34. The van der Waals surface area contributed by atoms with Gasteiger partial charge in [0.2, 0.25) is 0 Å². The highest BCUT2D eigenvalue weighted by molar-refractivity contribution is 6.07. The van der Waals surface area contributed by atoms with E-state index in [1.165, 1.54) is 18.5 Å². The van der Waals surface area contributed by atoms with Gasteiger partial charge in [0.05, 0.1) is 28.7 Å². The molecule has 6 rings (SSSR count). The summed E-state index contributed by atoms with van der Waals surface area (Å²) in [6.45, 7) is 4.95. The maximum absolute atomic E-state index is 13.6. The van der Waals surface area contributed by atoms with Crippen molar-refractivity contribution in [3.05, 3.63) is 70.1 Å². The maximum atomic E-state index is 13.6. The number of amides is 1. The minimum atomic E-state index is -0.123. The van der Waals surface area contributed by atoms with Crippen LogP contribution in [0.1, 0.15) is 47.6 Å². The van der Waals surface area contributed by atoms with Crippen LogP contribution in [0.5, 0.6) is 0 Å². The molecule has 0 atom stereocenters. The lowest BCUT2D eigenvalue weighted by atomic mass is 10.0. The Labute approximate surface area is 213 Å².